The van der Waals surface area contributed by atoms with E-state index < -0.39 is 0 Å². The van der Waals surface area contributed by atoms with Crippen LogP contribution in [0.5, 0.6) is 0 Å². The van der Waals surface area contributed by atoms with Gasteiger partial charge in [0, 0.05) is 12.1 Å². The fourth-order valence-electron chi connectivity index (χ4n) is 3.42. The van der Waals surface area contributed by atoms with Gasteiger partial charge in [0.2, 0.25) is 0 Å². The quantitative estimate of drug-likeness (QED) is 0.841. The average Bonchev–Trinajstić information content (AvgIpc) is 2.59. The molecule has 1 aliphatic rings. The van der Waals surface area contributed by atoms with Crippen molar-refractivity contribution in [2.75, 3.05) is 25.1 Å². The van der Waals surface area contributed by atoms with Crippen LogP contribution in [-0.2, 0) is 6.42 Å². The largest absolute Gasteiger partial charge is 0.372 e. The highest BCUT2D eigenvalue weighted by atomic mass is 19.1. The van der Waals surface area contributed by atoms with Crippen molar-refractivity contribution in [1.29, 1.82) is 0 Å². The summed E-state index contributed by atoms with van der Waals surface area (Å²) < 4.78 is 13.9. The highest BCUT2D eigenvalue weighted by molar-refractivity contribution is 5.55. The van der Waals surface area contributed by atoms with E-state index in [9.17, 15) is 4.39 Å². The molecule has 2 aromatic carbocycles. The third kappa shape index (κ3) is 4.15. The van der Waals surface area contributed by atoms with Gasteiger partial charge in [0.15, 0.2) is 0 Å². The molecule has 128 valence electrons. The summed E-state index contributed by atoms with van der Waals surface area (Å²) in [7, 11) is 0. The first kappa shape index (κ1) is 17.0. The van der Waals surface area contributed by atoms with Crippen LogP contribution in [0.25, 0.3) is 0 Å². The van der Waals surface area contributed by atoms with Gasteiger partial charge in [0.05, 0.1) is 6.67 Å². The second-order valence-electron chi connectivity index (χ2n) is 6.88. The highest BCUT2D eigenvalue weighted by Gasteiger charge is 2.11. The lowest BCUT2D eigenvalue weighted by atomic mass is 9.97. The zero-order valence-electron chi connectivity index (χ0n) is 14.7. The van der Waals surface area contributed by atoms with Crippen molar-refractivity contribution in [1.82, 2.24) is 4.90 Å². The fourth-order valence-corrected chi connectivity index (χ4v) is 3.42. The number of hydrogen-bond donors (Lipinski definition) is 1. The van der Waals surface area contributed by atoms with Crippen LogP contribution in [0.15, 0.2) is 36.4 Å². The number of aryl methyl sites for hydroxylation is 2. The van der Waals surface area contributed by atoms with E-state index >= 15 is 0 Å². The van der Waals surface area contributed by atoms with Gasteiger partial charge in [-0.3, -0.25) is 4.90 Å². The highest BCUT2D eigenvalue weighted by Crippen LogP contribution is 2.24. The topological polar surface area (TPSA) is 15.3 Å². The van der Waals surface area contributed by atoms with E-state index in [1.54, 1.807) is 6.07 Å². The summed E-state index contributed by atoms with van der Waals surface area (Å²) in [6.45, 7) is 7.53. The standard InChI is InChI=1S/C21H27FN2/c1-16-13-21(23-15-24-10-6-3-7-11-24)17(2)12-19(16)14-18-8-4-5-9-20(18)22/h4-5,8-9,12-13,23H,3,6-7,10-11,14-15H2,1-2H3. The van der Waals surface area contributed by atoms with Crippen molar-refractivity contribution in [3.63, 3.8) is 0 Å². The van der Waals surface area contributed by atoms with Crippen molar-refractivity contribution < 1.29 is 4.39 Å². The van der Waals surface area contributed by atoms with E-state index in [-0.39, 0.29) is 5.82 Å². The second-order valence-corrected chi connectivity index (χ2v) is 6.88. The molecule has 0 unspecified atom stereocenters. The molecule has 0 amide bonds. The van der Waals surface area contributed by atoms with Crippen LogP contribution in [0.3, 0.4) is 0 Å². The lowest BCUT2D eigenvalue weighted by Crippen LogP contribution is -2.34. The Morgan fingerprint density at radius 2 is 1.71 bits per heavy atom. The number of rotatable bonds is 5. The van der Waals surface area contributed by atoms with Gasteiger partial charge in [-0.1, -0.05) is 30.7 Å². The van der Waals surface area contributed by atoms with E-state index in [1.165, 1.54) is 60.8 Å². The van der Waals surface area contributed by atoms with Crippen molar-refractivity contribution >= 4 is 5.69 Å². The number of nitrogens with one attached hydrogen (secondary N) is 1. The van der Waals surface area contributed by atoms with Gasteiger partial charge in [-0.2, -0.15) is 0 Å². The summed E-state index contributed by atoms with van der Waals surface area (Å²) in [4.78, 5) is 2.48. The molecule has 24 heavy (non-hydrogen) atoms. The summed E-state index contributed by atoms with van der Waals surface area (Å²) in [5.74, 6) is -0.123. The predicted molar refractivity (Wildman–Crippen MR) is 99.0 cm³/mol. The maximum Gasteiger partial charge on any atom is 0.126 e. The number of halogens is 1. The molecule has 1 N–H and O–H groups in total. The van der Waals surface area contributed by atoms with Gasteiger partial charge in [-0.05, 0) is 74.2 Å². The van der Waals surface area contributed by atoms with Crippen LogP contribution >= 0.6 is 0 Å². The molecule has 0 spiro atoms. The Morgan fingerprint density at radius 1 is 0.958 bits per heavy atom. The lowest BCUT2D eigenvalue weighted by molar-refractivity contribution is 0.243. The lowest BCUT2D eigenvalue weighted by Gasteiger charge is -2.27. The normalized spacial score (nSPS) is 15.5. The van der Waals surface area contributed by atoms with Gasteiger partial charge >= 0.3 is 0 Å². The number of benzene rings is 2. The molecule has 1 aliphatic heterocycles. The minimum absolute atomic E-state index is 0.123. The third-order valence-electron chi connectivity index (χ3n) is 4.96. The molecule has 0 bridgehead atoms. The second kappa shape index (κ2) is 7.80. The van der Waals surface area contributed by atoms with Crippen LogP contribution in [-0.4, -0.2) is 24.7 Å². The Bertz CT molecular complexity index is 690. The van der Waals surface area contributed by atoms with E-state index in [0.717, 1.165) is 12.2 Å². The molecule has 1 saturated heterocycles. The Balaban J connectivity index is 1.70. The number of anilines is 1. The van der Waals surface area contributed by atoms with Crippen molar-refractivity contribution in [3.05, 3.63) is 64.5 Å². The smallest absolute Gasteiger partial charge is 0.126 e. The minimum Gasteiger partial charge on any atom is -0.372 e. The first-order valence-electron chi connectivity index (χ1n) is 8.93. The summed E-state index contributed by atoms with van der Waals surface area (Å²) in [6.07, 6.45) is 4.62. The van der Waals surface area contributed by atoms with E-state index in [2.05, 4.69) is 36.2 Å². The van der Waals surface area contributed by atoms with Gasteiger partial charge in [-0.25, -0.2) is 4.39 Å². The first-order chi connectivity index (χ1) is 11.6. The molecule has 1 heterocycles. The summed E-state index contributed by atoms with van der Waals surface area (Å²) in [6, 6.07) is 11.4. The van der Waals surface area contributed by atoms with Crippen LogP contribution in [0.4, 0.5) is 10.1 Å². The van der Waals surface area contributed by atoms with Crippen molar-refractivity contribution in [2.24, 2.45) is 0 Å². The summed E-state index contributed by atoms with van der Waals surface area (Å²) >= 11 is 0. The Kier molecular flexibility index (Phi) is 5.52. The summed E-state index contributed by atoms with van der Waals surface area (Å²) in [5, 5.41) is 3.58. The summed E-state index contributed by atoms with van der Waals surface area (Å²) in [5.41, 5.74) is 5.58. The van der Waals surface area contributed by atoms with Gasteiger partial charge in [-0.15, -0.1) is 0 Å². The molecule has 0 aromatic heterocycles. The predicted octanol–water partition coefficient (Wildman–Crippen LogP) is 4.89. The fraction of sp³-hybridized carbons (Fsp3) is 0.429. The first-order valence-corrected chi connectivity index (χ1v) is 8.93. The number of piperidine rings is 1. The van der Waals surface area contributed by atoms with Gasteiger partial charge in [0.25, 0.3) is 0 Å². The van der Waals surface area contributed by atoms with Crippen molar-refractivity contribution in [2.45, 2.75) is 39.5 Å². The van der Waals surface area contributed by atoms with Gasteiger partial charge < -0.3 is 5.32 Å². The van der Waals surface area contributed by atoms with E-state index in [0.29, 0.717) is 6.42 Å². The Labute approximate surface area is 144 Å². The minimum atomic E-state index is -0.123. The molecule has 2 aromatic rings. The Hall–Kier alpha value is -1.87. The van der Waals surface area contributed by atoms with Crippen LogP contribution in [0, 0.1) is 19.7 Å². The maximum atomic E-state index is 13.9. The molecular weight excluding hydrogens is 299 g/mol. The van der Waals surface area contributed by atoms with Crippen molar-refractivity contribution in [3.8, 4) is 0 Å². The third-order valence-corrected chi connectivity index (χ3v) is 4.96. The zero-order valence-corrected chi connectivity index (χ0v) is 14.7. The number of hydrogen-bond acceptors (Lipinski definition) is 2. The molecule has 3 heteroatoms. The molecule has 1 fully saturated rings. The molecule has 3 rings (SSSR count). The SMILES string of the molecule is Cc1cc(NCN2CCCCC2)c(C)cc1Cc1ccccc1F. The van der Waals surface area contributed by atoms with E-state index in [4.69, 9.17) is 0 Å². The zero-order chi connectivity index (χ0) is 16.9. The molecule has 0 radical (unpaired) electrons. The van der Waals surface area contributed by atoms with Crippen LogP contribution in [0.1, 0.15) is 41.5 Å². The maximum absolute atomic E-state index is 13.9. The number of nitrogens with zero attached hydrogens (tertiary/aromatic N) is 1. The Morgan fingerprint density at radius 3 is 2.46 bits per heavy atom. The van der Waals surface area contributed by atoms with Gasteiger partial charge in [0.1, 0.15) is 5.82 Å². The molecule has 0 aliphatic carbocycles. The van der Waals surface area contributed by atoms with E-state index in [1.807, 2.05) is 12.1 Å². The molecule has 0 atom stereocenters. The van der Waals surface area contributed by atoms with Crippen LogP contribution < -0.4 is 5.32 Å². The average molecular weight is 326 g/mol. The molecule has 2 nitrogen and oxygen atoms in total. The van der Waals surface area contributed by atoms with Crippen LogP contribution in [0.2, 0.25) is 0 Å². The molecule has 0 saturated carbocycles. The molecular formula is C21H27FN2. The monoisotopic (exact) mass is 326 g/mol. The number of likely N-dealkylation sites (tertiary alicyclic amines) is 1.